The molecular weight excluding hydrogens is 210 g/mol. The van der Waals surface area contributed by atoms with Crippen LogP contribution in [0.25, 0.3) is 0 Å². The standard InChI is InChI=1S/C10H17N3O3/c1-13(2)6-4-5-11-10(14)8-7-9(15-3)12-16-8/h7H,4-6H2,1-3H3,(H,11,14). The Bertz CT molecular complexity index is 336. The van der Waals surface area contributed by atoms with E-state index in [0.717, 1.165) is 13.0 Å². The molecule has 16 heavy (non-hydrogen) atoms. The fraction of sp³-hybridized carbons (Fsp3) is 0.600. The summed E-state index contributed by atoms with van der Waals surface area (Å²) in [5, 5.41) is 6.28. The van der Waals surface area contributed by atoms with Gasteiger partial charge in [-0.3, -0.25) is 4.79 Å². The maximum absolute atomic E-state index is 11.5. The Morgan fingerprint density at radius 1 is 1.62 bits per heavy atom. The Kier molecular flexibility index (Phi) is 4.78. The Morgan fingerprint density at radius 3 is 2.94 bits per heavy atom. The van der Waals surface area contributed by atoms with Gasteiger partial charge in [0.05, 0.1) is 13.2 Å². The summed E-state index contributed by atoms with van der Waals surface area (Å²) < 4.78 is 9.61. The maximum Gasteiger partial charge on any atom is 0.290 e. The summed E-state index contributed by atoms with van der Waals surface area (Å²) in [7, 11) is 5.45. The lowest BCUT2D eigenvalue weighted by molar-refractivity contribution is 0.0915. The van der Waals surface area contributed by atoms with E-state index in [1.807, 2.05) is 14.1 Å². The zero-order valence-electron chi connectivity index (χ0n) is 9.82. The first-order valence-electron chi connectivity index (χ1n) is 5.07. The summed E-state index contributed by atoms with van der Waals surface area (Å²) in [6.45, 7) is 1.54. The Labute approximate surface area is 94.5 Å². The van der Waals surface area contributed by atoms with Crippen LogP contribution in [0.15, 0.2) is 10.6 Å². The highest BCUT2D eigenvalue weighted by Gasteiger charge is 2.12. The lowest BCUT2D eigenvalue weighted by atomic mass is 10.3. The van der Waals surface area contributed by atoms with Crippen LogP contribution in [-0.2, 0) is 0 Å². The third-order valence-electron chi connectivity index (χ3n) is 1.99. The fourth-order valence-corrected chi connectivity index (χ4v) is 1.15. The molecule has 1 aromatic heterocycles. The quantitative estimate of drug-likeness (QED) is 0.711. The summed E-state index contributed by atoms with van der Waals surface area (Å²) in [6, 6.07) is 1.46. The minimum Gasteiger partial charge on any atom is -0.479 e. The second kappa shape index (κ2) is 6.12. The summed E-state index contributed by atoms with van der Waals surface area (Å²) in [6.07, 6.45) is 0.893. The van der Waals surface area contributed by atoms with Crippen molar-refractivity contribution in [2.45, 2.75) is 6.42 Å². The van der Waals surface area contributed by atoms with Crippen molar-refractivity contribution < 1.29 is 14.1 Å². The van der Waals surface area contributed by atoms with Crippen LogP contribution in [0, 0.1) is 0 Å². The minimum atomic E-state index is -0.269. The number of aromatic nitrogens is 1. The number of rotatable bonds is 6. The number of amides is 1. The maximum atomic E-state index is 11.5. The molecule has 1 N–H and O–H groups in total. The molecule has 6 heteroatoms. The zero-order valence-corrected chi connectivity index (χ0v) is 9.82. The van der Waals surface area contributed by atoms with Crippen LogP contribution in [0.2, 0.25) is 0 Å². The van der Waals surface area contributed by atoms with Gasteiger partial charge < -0.3 is 19.5 Å². The third kappa shape index (κ3) is 3.90. The van der Waals surface area contributed by atoms with E-state index in [-0.39, 0.29) is 11.7 Å². The highest BCUT2D eigenvalue weighted by Crippen LogP contribution is 2.09. The first kappa shape index (κ1) is 12.5. The molecule has 0 aliphatic carbocycles. The lowest BCUT2D eigenvalue weighted by Gasteiger charge is -2.08. The molecule has 0 saturated carbocycles. The van der Waals surface area contributed by atoms with Crippen molar-refractivity contribution in [2.24, 2.45) is 0 Å². The molecule has 0 spiro atoms. The Morgan fingerprint density at radius 2 is 2.38 bits per heavy atom. The number of methoxy groups -OCH3 is 1. The molecule has 1 rings (SSSR count). The van der Waals surface area contributed by atoms with Crippen LogP contribution in [0.1, 0.15) is 17.0 Å². The molecule has 90 valence electrons. The number of carbonyl (C=O) groups is 1. The summed E-state index contributed by atoms with van der Waals surface area (Å²) in [5.74, 6) is 0.203. The van der Waals surface area contributed by atoms with E-state index in [1.165, 1.54) is 13.2 Å². The van der Waals surface area contributed by atoms with Crippen LogP contribution >= 0.6 is 0 Å². The zero-order chi connectivity index (χ0) is 12.0. The molecule has 0 atom stereocenters. The molecule has 0 aliphatic heterocycles. The summed E-state index contributed by atoms with van der Waals surface area (Å²) >= 11 is 0. The lowest BCUT2D eigenvalue weighted by Crippen LogP contribution is -2.26. The van der Waals surface area contributed by atoms with Gasteiger partial charge in [-0.2, -0.15) is 0 Å². The van der Waals surface area contributed by atoms with Gasteiger partial charge in [-0.15, -0.1) is 0 Å². The molecule has 1 aromatic rings. The van der Waals surface area contributed by atoms with Gasteiger partial charge in [0, 0.05) is 6.54 Å². The topological polar surface area (TPSA) is 67.6 Å². The highest BCUT2D eigenvalue weighted by atomic mass is 16.5. The number of nitrogens with zero attached hydrogens (tertiary/aromatic N) is 2. The van der Waals surface area contributed by atoms with Crippen LogP contribution < -0.4 is 10.1 Å². The molecule has 0 bridgehead atoms. The molecule has 0 aromatic carbocycles. The van der Waals surface area contributed by atoms with Crippen molar-refractivity contribution in [1.82, 2.24) is 15.4 Å². The molecule has 6 nitrogen and oxygen atoms in total. The highest BCUT2D eigenvalue weighted by molar-refractivity contribution is 5.91. The predicted octanol–water partition coefficient (Wildman–Crippen LogP) is 0.365. The van der Waals surface area contributed by atoms with Gasteiger partial charge >= 0.3 is 0 Å². The van der Waals surface area contributed by atoms with Gasteiger partial charge in [-0.05, 0) is 32.2 Å². The van der Waals surface area contributed by atoms with Gasteiger partial charge in [0.1, 0.15) is 0 Å². The van der Waals surface area contributed by atoms with E-state index >= 15 is 0 Å². The SMILES string of the molecule is COc1cc(C(=O)NCCCN(C)C)on1. The van der Waals surface area contributed by atoms with Crippen molar-refractivity contribution in [2.75, 3.05) is 34.3 Å². The molecular formula is C10H17N3O3. The van der Waals surface area contributed by atoms with E-state index < -0.39 is 0 Å². The van der Waals surface area contributed by atoms with Gasteiger partial charge in [0.2, 0.25) is 5.76 Å². The van der Waals surface area contributed by atoms with Crippen LogP contribution in [-0.4, -0.2) is 50.3 Å². The van der Waals surface area contributed by atoms with Crippen molar-refractivity contribution in [3.63, 3.8) is 0 Å². The third-order valence-corrected chi connectivity index (χ3v) is 1.99. The fourth-order valence-electron chi connectivity index (χ4n) is 1.15. The van der Waals surface area contributed by atoms with Crippen molar-refractivity contribution >= 4 is 5.91 Å². The molecule has 0 fully saturated rings. The molecule has 0 radical (unpaired) electrons. The average molecular weight is 227 g/mol. The minimum absolute atomic E-state index is 0.168. The van der Waals surface area contributed by atoms with E-state index in [1.54, 1.807) is 0 Å². The van der Waals surface area contributed by atoms with Gasteiger partial charge in [-0.1, -0.05) is 0 Å². The van der Waals surface area contributed by atoms with Crippen LogP contribution in [0.3, 0.4) is 0 Å². The molecule has 1 heterocycles. The number of ether oxygens (including phenoxy) is 1. The van der Waals surface area contributed by atoms with E-state index in [2.05, 4.69) is 15.4 Å². The van der Waals surface area contributed by atoms with Gasteiger partial charge in [-0.25, -0.2) is 0 Å². The second-order valence-electron chi connectivity index (χ2n) is 3.65. The Balaban J connectivity index is 2.29. The van der Waals surface area contributed by atoms with Gasteiger partial charge in [0.25, 0.3) is 11.8 Å². The van der Waals surface area contributed by atoms with Crippen molar-refractivity contribution in [3.8, 4) is 5.88 Å². The predicted molar refractivity (Wildman–Crippen MR) is 58.6 cm³/mol. The number of hydrogen-bond acceptors (Lipinski definition) is 5. The number of hydrogen-bond donors (Lipinski definition) is 1. The number of nitrogens with one attached hydrogen (secondary N) is 1. The summed E-state index contributed by atoms with van der Waals surface area (Å²) in [4.78, 5) is 13.6. The number of carbonyl (C=O) groups excluding carboxylic acids is 1. The normalized spacial score (nSPS) is 10.5. The van der Waals surface area contributed by atoms with Crippen LogP contribution in [0.5, 0.6) is 5.88 Å². The smallest absolute Gasteiger partial charge is 0.290 e. The molecule has 0 unspecified atom stereocenters. The van der Waals surface area contributed by atoms with E-state index in [0.29, 0.717) is 12.4 Å². The first-order valence-corrected chi connectivity index (χ1v) is 5.07. The van der Waals surface area contributed by atoms with Crippen LogP contribution in [0.4, 0.5) is 0 Å². The molecule has 1 amide bonds. The average Bonchev–Trinajstić information content (AvgIpc) is 2.72. The van der Waals surface area contributed by atoms with Gasteiger partial charge in [0.15, 0.2) is 0 Å². The van der Waals surface area contributed by atoms with Crippen molar-refractivity contribution in [3.05, 3.63) is 11.8 Å². The second-order valence-corrected chi connectivity index (χ2v) is 3.65. The Hall–Kier alpha value is -1.56. The largest absolute Gasteiger partial charge is 0.479 e. The summed E-state index contributed by atoms with van der Waals surface area (Å²) in [5.41, 5.74) is 0. The molecule has 0 aliphatic rings. The molecule has 0 saturated heterocycles. The van der Waals surface area contributed by atoms with Crippen molar-refractivity contribution in [1.29, 1.82) is 0 Å². The first-order chi connectivity index (χ1) is 7.63. The van der Waals surface area contributed by atoms with E-state index in [4.69, 9.17) is 9.26 Å². The monoisotopic (exact) mass is 227 g/mol. The van der Waals surface area contributed by atoms with E-state index in [9.17, 15) is 4.79 Å².